The van der Waals surface area contributed by atoms with E-state index in [0.29, 0.717) is 5.56 Å². The summed E-state index contributed by atoms with van der Waals surface area (Å²) in [5.74, 6) is -0.882. The standard InChI is InChI=1S/C10H12F3N/c1-5-3-7(6(2)14)4-8(11)9(5)10(12)13/h3-4,6,10H,14H2,1-2H3. The van der Waals surface area contributed by atoms with Gasteiger partial charge >= 0.3 is 0 Å². The SMILES string of the molecule is Cc1cc(C(C)N)cc(F)c1C(F)F. The smallest absolute Gasteiger partial charge is 0.266 e. The van der Waals surface area contributed by atoms with Crippen LogP contribution in [0, 0.1) is 12.7 Å². The zero-order valence-electron chi connectivity index (χ0n) is 8.02. The Hall–Kier alpha value is -1.03. The first-order chi connectivity index (χ1) is 6.43. The van der Waals surface area contributed by atoms with Crippen LogP contribution in [-0.4, -0.2) is 0 Å². The highest BCUT2D eigenvalue weighted by Crippen LogP contribution is 2.27. The van der Waals surface area contributed by atoms with Crippen LogP contribution in [0.3, 0.4) is 0 Å². The van der Waals surface area contributed by atoms with Crippen molar-refractivity contribution in [2.75, 3.05) is 0 Å². The van der Waals surface area contributed by atoms with Crippen LogP contribution in [0.1, 0.15) is 36.1 Å². The predicted molar refractivity (Wildman–Crippen MR) is 48.7 cm³/mol. The van der Waals surface area contributed by atoms with Gasteiger partial charge in [-0.05, 0) is 31.0 Å². The van der Waals surface area contributed by atoms with Crippen LogP contribution in [0.4, 0.5) is 13.2 Å². The topological polar surface area (TPSA) is 26.0 Å². The molecule has 0 heterocycles. The second-order valence-corrected chi connectivity index (χ2v) is 3.32. The molecule has 0 spiro atoms. The van der Waals surface area contributed by atoms with Crippen LogP contribution >= 0.6 is 0 Å². The largest absolute Gasteiger partial charge is 0.324 e. The maximum Gasteiger partial charge on any atom is 0.266 e. The minimum atomic E-state index is -2.78. The van der Waals surface area contributed by atoms with Crippen LogP contribution in [0.25, 0.3) is 0 Å². The minimum absolute atomic E-state index is 0.243. The van der Waals surface area contributed by atoms with Crippen molar-refractivity contribution < 1.29 is 13.2 Å². The number of rotatable bonds is 2. The number of hydrogen-bond donors (Lipinski definition) is 1. The monoisotopic (exact) mass is 203 g/mol. The summed E-state index contributed by atoms with van der Waals surface area (Å²) in [6.45, 7) is 3.13. The average Bonchev–Trinajstić information content (AvgIpc) is 2.01. The van der Waals surface area contributed by atoms with Crippen molar-refractivity contribution in [3.8, 4) is 0 Å². The van der Waals surface area contributed by atoms with E-state index in [0.717, 1.165) is 6.07 Å². The highest BCUT2D eigenvalue weighted by atomic mass is 19.3. The fourth-order valence-electron chi connectivity index (χ4n) is 1.32. The fraction of sp³-hybridized carbons (Fsp3) is 0.400. The second kappa shape index (κ2) is 4.00. The molecule has 0 bridgehead atoms. The first-order valence-corrected chi connectivity index (χ1v) is 4.27. The van der Waals surface area contributed by atoms with E-state index in [1.165, 1.54) is 13.0 Å². The lowest BCUT2D eigenvalue weighted by Gasteiger charge is -2.11. The van der Waals surface area contributed by atoms with Crippen molar-refractivity contribution in [2.45, 2.75) is 26.3 Å². The molecule has 1 nitrogen and oxygen atoms in total. The van der Waals surface area contributed by atoms with E-state index >= 15 is 0 Å². The number of nitrogens with two attached hydrogens (primary N) is 1. The molecule has 1 atom stereocenters. The molecule has 0 aliphatic heterocycles. The average molecular weight is 203 g/mol. The predicted octanol–water partition coefficient (Wildman–Crippen LogP) is 3.09. The molecule has 0 radical (unpaired) electrons. The molecular weight excluding hydrogens is 191 g/mol. The number of hydrogen-bond acceptors (Lipinski definition) is 1. The number of aryl methyl sites for hydroxylation is 1. The highest BCUT2D eigenvalue weighted by molar-refractivity contribution is 5.34. The van der Waals surface area contributed by atoms with Gasteiger partial charge in [0.25, 0.3) is 6.43 Å². The molecule has 14 heavy (non-hydrogen) atoms. The third kappa shape index (κ3) is 2.07. The molecule has 0 aliphatic carbocycles. The summed E-state index contributed by atoms with van der Waals surface area (Å²) < 4.78 is 37.9. The maximum absolute atomic E-state index is 13.2. The van der Waals surface area contributed by atoms with Crippen LogP contribution in [-0.2, 0) is 0 Å². The molecule has 4 heteroatoms. The highest BCUT2D eigenvalue weighted by Gasteiger charge is 2.17. The molecule has 0 saturated carbocycles. The van der Waals surface area contributed by atoms with E-state index in [2.05, 4.69) is 0 Å². The lowest BCUT2D eigenvalue weighted by Crippen LogP contribution is -2.07. The van der Waals surface area contributed by atoms with E-state index in [1.54, 1.807) is 6.92 Å². The van der Waals surface area contributed by atoms with E-state index < -0.39 is 17.8 Å². The summed E-state index contributed by atoms with van der Waals surface area (Å²) in [6.07, 6.45) is -2.78. The van der Waals surface area contributed by atoms with Gasteiger partial charge in [-0.25, -0.2) is 13.2 Å². The Labute approximate surface area is 80.7 Å². The summed E-state index contributed by atoms with van der Waals surface area (Å²) in [5, 5.41) is 0. The van der Waals surface area contributed by atoms with Gasteiger partial charge in [0.05, 0.1) is 5.56 Å². The Morgan fingerprint density at radius 1 is 1.29 bits per heavy atom. The van der Waals surface area contributed by atoms with Gasteiger partial charge in [-0.3, -0.25) is 0 Å². The Balaban J connectivity index is 3.25. The number of benzene rings is 1. The third-order valence-corrected chi connectivity index (χ3v) is 2.10. The Bertz CT molecular complexity index is 311. The van der Waals surface area contributed by atoms with E-state index in [1.807, 2.05) is 0 Å². The Morgan fingerprint density at radius 2 is 1.86 bits per heavy atom. The van der Waals surface area contributed by atoms with Crippen molar-refractivity contribution in [3.05, 3.63) is 34.6 Å². The molecular formula is C10H12F3N. The van der Waals surface area contributed by atoms with Gasteiger partial charge in [0.1, 0.15) is 5.82 Å². The lowest BCUT2D eigenvalue weighted by atomic mass is 10.0. The van der Waals surface area contributed by atoms with E-state index in [-0.39, 0.29) is 11.6 Å². The van der Waals surface area contributed by atoms with Gasteiger partial charge < -0.3 is 5.73 Å². The summed E-state index contributed by atoms with van der Waals surface area (Å²) >= 11 is 0. The molecule has 1 unspecified atom stereocenters. The molecule has 0 aromatic heterocycles. The molecule has 0 aliphatic rings. The van der Waals surface area contributed by atoms with Crippen LogP contribution < -0.4 is 5.73 Å². The Morgan fingerprint density at radius 3 is 2.21 bits per heavy atom. The minimum Gasteiger partial charge on any atom is -0.324 e. The van der Waals surface area contributed by atoms with Gasteiger partial charge in [-0.15, -0.1) is 0 Å². The fourth-order valence-corrected chi connectivity index (χ4v) is 1.32. The second-order valence-electron chi connectivity index (χ2n) is 3.32. The molecule has 1 aromatic rings. The Kier molecular flexibility index (Phi) is 3.16. The molecule has 1 rings (SSSR count). The summed E-state index contributed by atoms with van der Waals surface area (Å²) in [4.78, 5) is 0. The molecule has 78 valence electrons. The normalized spacial score (nSPS) is 13.4. The number of alkyl halides is 2. The molecule has 0 saturated heterocycles. The van der Waals surface area contributed by atoms with Gasteiger partial charge in [-0.2, -0.15) is 0 Å². The van der Waals surface area contributed by atoms with Crippen LogP contribution in [0.2, 0.25) is 0 Å². The third-order valence-electron chi connectivity index (χ3n) is 2.10. The summed E-state index contributed by atoms with van der Waals surface area (Å²) in [7, 11) is 0. The molecule has 0 fully saturated rings. The molecule has 2 N–H and O–H groups in total. The zero-order chi connectivity index (χ0) is 10.9. The van der Waals surface area contributed by atoms with Crippen molar-refractivity contribution in [2.24, 2.45) is 5.73 Å². The molecule has 1 aromatic carbocycles. The van der Waals surface area contributed by atoms with E-state index in [9.17, 15) is 13.2 Å². The van der Waals surface area contributed by atoms with E-state index in [4.69, 9.17) is 5.73 Å². The number of halogens is 3. The quantitative estimate of drug-likeness (QED) is 0.785. The molecule has 0 amide bonds. The van der Waals surface area contributed by atoms with Crippen molar-refractivity contribution in [3.63, 3.8) is 0 Å². The lowest BCUT2D eigenvalue weighted by molar-refractivity contribution is 0.145. The first-order valence-electron chi connectivity index (χ1n) is 4.27. The van der Waals surface area contributed by atoms with Gasteiger partial charge in [0.2, 0.25) is 0 Å². The van der Waals surface area contributed by atoms with Crippen LogP contribution in [0.15, 0.2) is 12.1 Å². The summed E-state index contributed by atoms with van der Waals surface area (Å²) in [5.41, 5.74) is 5.77. The zero-order valence-corrected chi connectivity index (χ0v) is 8.02. The summed E-state index contributed by atoms with van der Waals surface area (Å²) in [6, 6.07) is 2.21. The van der Waals surface area contributed by atoms with Crippen LogP contribution in [0.5, 0.6) is 0 Å². The van der Waals surface area contributed by atoms with Gasteiger partial charge in [0.15, 0.2) is 0 Å². The van der Waals surface area contributed by atoms with Crippen molar-refractivity contribution in [1.82, 2.24) is 0 Å². The van der Waals surface area contributed by atoms with Gasteiger partial charge in [-0.1, -0.05) is 6.07 Å². The first kappa shape index (κ1) is 11.0. The van der Waals surface area contributed by atoms with Crippen molar-refractivity contribution in [1.29, 1.82) is 0 Å². The van der Waals surface area contributed by atoms with Gasteiger partial charge in [0, 0.05) is 6.04 Å². The maximum atomic E-state index is 13.2. The van der Waals surface area contributed by atoms with Crippen molar-refractivity contribution >= 4 is 0 Å².